The van der Waals surface area contributed by atoms with E-state index in [0.29, 0.717) is 6.61 Å². The summed E-state index contributed by atoms with van der Waals surface area (Å²) >= 11 is 0. The molecule has 0 amide bonds. The van der Waals surface area contributed by atoms with Crippen molar-refractivity contribution in [3.05, 3.63) is 10.4 Å². The van der Waals surface area contributed by atoms with Gasteiger partial charge in [0.2, 0.25) is 0 Å². The van der Waals surface area contributed by atoms with Crippen LogP contribution in [-0.2, 0) is 9.53 Å². The Hall–Kier alpha value is -1.26. The highest BCUT2D eigenvalue weighted by atomic mass is 16.5. The number of quaternary nitrogens is 1. The van der Waals surface area contributed by atoms with Crippen LogP contribution in [0.15, 0.2) is 5.11 Å². The molecule has 0 aliphatic rings. The van der Waals surface area contributed by atoms with Gasteiger partial charge in [-0.1, -0.05) is 5.11 Å². The quantitative estimate of drug-likeness (QED) is 0.269. The highest BCUT2D eigenvalue weighted by Gasteiger charge is 2.11. The molecule has 13 heavy (non-hydrogen) atoms. The first-order valence-corrected chi connectivity index (χ1v) is 4.07. The third kappa shape index (κ3) is 5.95. The zero-order valence-corrected chi connectivity index (χ0v) is 8.15. The van der Waals surface area contributed by atoms with E-state index in [1.807, 2.05) is 14.1 Å². The molecule has 0 aromatic carbocycles. The third-order valence-electron chi connectivity index (χ3n) is 1.41. The van der Waals surface area contributed by atoms with E-state index in [0.717, 1.165) is 6.54 Å². The van der Waals surface area contributed by atoms with Crippen LogP contribution in [0.2, 0.25) is 0 Å². The number of ether oxygens (including phenoxy) is 1. The Morgan fingerprint density at radius 1 is 1.69 bits per heavy atom. The topological polar surface area (TPSA) is 79.5 Å². The number of esters is 1. The summed E-state index contributed by atoms with van der Waals surface area (Å²) < 4.78 is 4.84. The summed E-state index contributed by atoms with van der Waals surface area (Å²) in [6, 6.07) is -0.734. The van der Waals surface area contributed by atoms with Gasteiger partial charge in [0.15, 0.2) is 0 Å². The Labute approximate surface area is 77.1 Å². The maximum absolute atomic E-state index is 11.0. The van der Waals surface area contributed by atoms with E-state index in [1.54, 1.807) is 0 Å². The van der Waals surface area contributed by atoms with E-state index in [2.05, 4.69) is 10.0 Å². The summed E-state index contributed by atoms with van der Waals surface area (Å²) in [6.45, 7) is 2.60. The summed E-state index contributed by atoms with van der Waals surface area (Å²) in [5.41, 5.74) is 8.05. The van der Waals surface area contributed by atoms with Crippen molar-refractivity contribution in [1.82, 2.24) is 0 Å². The van der Waals surface area contributed by atoms with Crippen LogP contribution in [-0.4, -0.2) is 39.3 Å². The molecule has 0 aliphatic heterocycles. The fraction of sp³-hybridized carbons (Fsp3) is 0.857. The zero-order valence-electron chi connectivity index (χ0n) is 8.15. The molecule has 0 aromatic heterocycles. The van der Waals surface area contributed by atoms with Crippen LogP contribution < -0.4 is 4.90 Å². The van der Waals surface area contributed by atoms with Gasteiger partial charge in [0, 0.05) is 4.91 Å². The number of hydrogen-bond donors (Lipinski definition) is 1. The van der Waals surface area contributed by atoms with Crippen LogP contribution in [0.1, 0.15) is 6.92 Å². The van der Waals surface area contributed by atoms with Crippen molar-refractivity contribution in [1.29, 1.82) is 0 Å². The number of carbonyl (C=O) groups is 1. The average molecular weight is 187 g/mol. The van der Waals surface area contributed by atoms with Crippen LogP contribution in [0.3, 0.4) is 0 Å². The molecular weight excluding hydrogens is 172 g/mol. The lowest BCUT2D eigenvalue weighted by Crippen LogP contribution is -3.06. The number of azide groups is 1. The maximum Gasteiger partial charge on any atom is 0.314 e. The largest absolute Gasteiger partial charge is 0.459 e. The molecule has 0 rings (SSSR count). The summed E-state index contributed by atoms with van der Waals surface area (Å²) in [6.07, 6.45) is 0. The Bertz CT molecular complexity index is 211. The summed E-state index contributed by atoms with van der Waals surface area (Å²) in [5, 5.41) is 3.22. The Kier molecular flexibility index (Phi) is 5.67. The van der Waals surface area contributed by atoms with E-state index in [-0.39, 0.29) is 0 Å². The normalized spacial score (nSPS) is 12.0. The second-order valence-corrected chi connectivity index (χ2v) is 3.01. The molecule has 1 unspecified atom stereocenters. The first-order valence-electron chi connectivity index (χ1n) is 4.07. The molecular formula is C7H15N4O2+. The second kappa shape index (κ2) is 6.28. The number of hydrogen-bond acceptors (Lipinski definition) is 3. The molecule has 0 saturated heterocycles. The Morgan fingerprint density at radius 2 is 2.31 bits per heavy atom. The minimum Gasteiger partial charge on any atom is -0.459 e. The number of rotatable bonds is 5. The third-order valence-corrected chi connectivity index (χ3v) is 1.41. The predicted octanol–water partition coefficient (Wildman–Crippen LogP) is -0.627. The first-order chi connectivity index (χ1) is 6.07. The molecule has 74 valence electrons. The van der Waals surface area contributed by atoms with Gasteiger partial charge in [-0.25, -0.2) is 0 Å². The maximum atomic E-state index is 11.0. The lowest BCUT2D eigenvalue weighted by molar-refractivity contribution is -0.858. The number of likely N-dealkylation sites (N-methyl/N-ethyl adjacent to an activating group) is 1. The number of nitrogens with one attached hydrogen (secondary N) is 1. The van der Waals surface area contributed by atoms with Gasteiger partial charge in [0.25, 0.3) is 0 Å². The van der Waals surface area contributed by atoms with E-state index in [4.69, 9.17) is 10.3 Å². The Balaban J connectivity index is 3.68. The van der Waals surface area contributed by atoms with Crippen LogP contribution in [0, 0.1) is 0 Å². The molecule has 0 saturated carbocycles. The van der Waals surface area contributed by atoms with Crippen molar-refractivity contribution in [2.75, 3.05) is 27.2 Å². The smallest absolute Gasteiger partial charge is 0.314 e. The van der Waals surface area contributed by atoms with E-state index in [9.17, 15) is 4.79 Å². The molecule has 1 N–H and O–H groups in total. The van der Waals surface area contributed by atoms with Crippen molar-refractivity contribution >= 4 is 5.97 Å². The standard InChI is InChI=1S/C7H14N4O2/c1-6(9-10-8)7(12)13-5-4-11(2)3/h6H,4-5H2,1-3H3/p+1. The molecule has 6 nitrogen and oxygen atoms in total. The van der Waals surface area contributed by atoms with Gasteiger partial charge in [-0.15, -0.1) is 0 Å². The molecule has 0 heterocycles. The van der Waals surface area contributed by atoms with Gasteiger partial charge in [-0.05, 0) is 12.5 Å². The fourth-order valence-electron chi connectivity index (χ4n) is 0.601. The molecule has 1 atom stereocenters. The number of nitrogens with zero attached hydrogens (tertiary/aromatic N) is 3. The van der Waals surface area contributed by atoms with Crippen LogP contribution >= 0.6 is 0 Å². The van der Waals surface area contributed by atoms with Gasteiger partial charge < -0.3 is 9.64 Å². The minimum absolute atomic E-state index is 0.354. The van der Waals surface area contributed by atoms with Gasteiger partial charge in [-0.3, -0.25) is 4.79 Å². The van der Waals surface area contributed by atoms with Crippen molar-refractivity contribution < 1.29 is 14.4 Å². The molecule has 0 spiro atoms. The first kappa shape index (κ1) is 11.7. The lowest BCUT2D eigenvalue weighted by Gasteiger charge is -2.08. The van der Waals surface area contributed by atoms with Gasteiger partial charge in [0.05, 0.1) is 14.1 Å². The fourth-order valence-corrected chi connectivity index (χ4v) is 0.601. The van der Waals surface area contributed by atoms with Crippen LogP contribution in [0.5, 0.6) is 0 Å². The summed E-state index contributed by atoms with van der Waals surface area (Å²) in [4.78, 5) is 14.7. The number of carbonyl (C=O) groups excluding carboxylic acids is 1. The highest BCUT2D eigenvalue weighted by Crippen LogP contribution is 1.92. The summed E-state index contributed by atoms with van der Waals surface area (Å²) in [7, 11) is 3.93. The highest BCUT2D eigenvalue weighted by molar-refractivity contribution is 5.75. The van der Waals surface area contributed by atoms with E-state index < -0.39 is 12.0 Å². The molecule has 0 radical (unpaired) electrons. The summed E-state index contributed by atoms with van der Waals surface area (Å²) in [5.74, 6) is -0.473. The molecule has 0 bridgehead atoms. The average Bonchev–Trinajstić information content (AvgIpc) is 2.04. The lowest BCUT2D eigenvalue weighted by atomic mass is 10.4. The van der Waals surface area contributed by atoms with Crippen molar-refractivity contribution in [3.63, 3.8) is 0 Å². The molecule has 0 aromatic rings. The monoisotopic (exact) mass is 187 g/mol. The van der Waals surface area contributed by atoms with E-state index >= 15 is 0 Å². The van der Waals surface area contributed by atoms with Gasteiger partial charge in [0.1, 0.15) is 19.2 Å². The van der Waals surface area contributed by atoms with E-state index in [1.165, 1.54) is 11.8 Å². The van der Waals surface area contributed by atoms with Crippen molar-refractivity contribution in [3.8, 4) is 0 Å². The van der Waals surface area contributed by atoms with Gasteiger partial charge in [-0.2, -0.15) is 0 Å². The van der Waals surface area contributed by atoms with Crippen LogP contribution in [0.4, 0.5) is 0 Å². The SMILES string of the molecule is CC(N=[N+]=[N-])C(=O)OCC[NH+](C)C. The van der Waals surface area contributed by atoms with Gasteiger partial charge >= 0.3 is 5.97 Å². The molecule has 6 heteroatoms. The molecule has 0 fully saturated rings. The Morgan fingerprint density at radius 3 is 2.77 bits per heavy atom. The predicted molar refractivity (Wildman–Crippen MR) is 47.2 cm³/mol. The zero-order chi connectivity index (χ0) is 10.3. The van der Waals surface area contributed by atoms with Crippen LogP contribution in [0.25, 0.3) is 10.4 Å². The molecule has 0 aliphatic carbocycles. The van der Waals surface area contributed by atoms with Crippen molar-refractivity contribution in [2.45, 2.75) is 13.0 Å². The second-order valence-electron chi connectivity index (χ2n) is 3.01. The van der Waals surface area contributed by atoms with Crippen molar-refractivity contribution in [2.24, 2.45) is 5.11 Å². The minimum atomic E-state index is -0.734.